The molecular weight excluding hydrogens is 506 g/mol. The largest absolute Gasteiger partial charge is 0.394 e. The molecular formula is C32H41N3O5. The van der Waals surface area contributed by atoms with Crippen molar-refractivity contribution in [3.8, 4) is 0 Å². The lowest BCUT2D eigenvalue weighted by molar-refractivity contribution is -0.149. The van der Waals surface area contributed by atoms with Gasteiger partial charge in [0, 0.05) is 11.4 Å². The molecule has 2 aromatic rings. The van der Waals surface area contributed by atoms with Gasteiger partial charge in [-0.25, -0.2) is 0 Å². The van der Waals surface area contributed by atoms with Crippen molar-refractivity contribution in [2.24, 2.45) is 23.7 Å². The Hall–Kier alpha value is -3.23. The normalized spacial score (nSPS) is 32.1. The smallest absolute Gasteiger partial charge is 0.250 e. The van der Waals surface area contributed by atoms with Crippen LogP contribution < -0.4 is 10.6 Å². The number of carbonyl (C=O) groups excluding carboxylic acids is 3. The number of aliphatic hydroxyl groups is 1. The van der Waals surface area contributed by atoms with E-state index >= 15 is 0 Å². The Morgan fingerprint density at radius 2 is 1.82 bits per heavy atom. The van der Waals surface area contributed by atoms with Crippen molar-refractivity contribution >= 4 is 29.1 Å². The van der Waals surface area contributed by atoms with Crippen LogP contribution in [-0.2, 0) is 19.1 Å². The zero-order valence-electron chi connectivity index (χ0n) is 24.2. The number of para-hydroxylation sites is 1. The Labute approximate surface area is 236 Å². The first-order valence-electron chi connectivity index (χ1n) is 14.4. The minimum atomic E-state index is -1.19. The SMILES string of the molecule is CC[C@H](C)[C@H](CO)N1C(=O)[C@@H]2[C@@H](C(=O)Nc3ccccc3)[C@]3(C)OC2(CC3C)C1C(=O)Nc1cc(C)ccc1C. The Bertz CT molecular complexity index is 1310. The Balaban J connectivity index is 1.60. The van der Waals surface area contributed by atoms with E-state index in [9.17, 15) is 19.5 Å². The van der Waals surface area contributed by atoms with E-state index in [0.29, 0.717) is 24.2 Å². The monoisotopic (exact) mass is 547 g/mol. The fourth-order valence-electron chi connectivity index (χ4n) is 7.36. The molecule has 3 saturated heterocycles. The maximum Gasteiger partial charge on any atom is 0.250 e. The summed E-state index contributed by atoms with van der Waals surface area (Å²) in [5, 5.41) is 16.6. The van der Waals surface area contributed by atoms with Gasteiger partial charge in [-0.1, -0.05) is 57.5 Å². The zero-order valence-corrected chi connectivity index (χ0v) is 24.2. The lowest BCUT2D eigenvalue weighted by atomic mass is 9.62. The molecule has 5 rings (SSSR count). The average molecular weight is 548 g/mol. The molecule has 0 radical (unpaired) electrons. The van der Waals surface area contributed by atoms with E-state index in [2.05, 4.69) is 10.6 Å². The van der Waals surface area contributed by atoms with Crippen molar-refractivity contribution in [2.45, 2.75) is 77.7 Å². The van der Waals surface area contributed by atoms with Crippen LogP contribution in [0.4, 0.5) is 11.4 Å². The molecule has 3 N–H and O–H groups in total. The van der Waals surface area contributed by atoms with E-state index in [1.807, 2.05) is 77.9 Å². The summed E-state index contributed by atoms with van der Waals surface area (Å²) in [4.78, 5) is 44.2. The molecule has 2 bridgehead atoms. The molecule has 3 aliphatic rings. The van der Waals surface area contributed by atoms with Gasteiger partial charge < -0.3 is 25.4 Å². The minimum Gasteiger partial charge on any atom is -0.394 e. The number of hydrogen-bond donors (Lipinski definition) is 3. The van der Waals surface area contributed by atoms with E-state index in [1.165, 1.54) is 0 Å². The van der Waals surface area contributed by atoms with Gasteiger partial charge in [-0.05, 0) is 68.4 Å². The van der Waals surface area contributed by atoms with Crippen molar-refractivity contribution in [2.75, 3.05) is 17.2 Å². The lowest BCUT2D eigenvalue weighted by Gasteiger charge is -2.39. The number of ether oxygens (including phenoxy) is 1. The van der Waals surface area contributed by atoms with Crippen LogP contribution in [0, 0.1) is 37.5 Å². The van der Waals surface area contributed by atoms with Gasteiger partial charge in [0.05, 0.1) is 30.1 Å². The van der Waals surface area contributed by atoms with Crippen LogP contribution in [-0.4, -0.2) is 57.6 Å². The quantitative estimate of drug-likeness (QED) is 0.457. The first-order valence-corrected chi connectivity index (χ1v) is 14.4. The van der Waals surface area contributed by atoms with Crippen LogP contribution in [0.1, 0.15) is 51.7 Å². The highest BCUT2D eigenvalue weighted by atomic mass is 16.5. The van der Waals surface area contributed by atoms with E-state index in [1.54, 1.807) is 17.0 Å². The van der Waals surface area contributed by atoms with E-state index < -0.39 is 35.1 Å². The lowest BCUT2D eigenvalue weighted by Crippen LogP contribution is -2.57. The van der Waals surface area contributed by atoms with Gasteiger partial charge in [-0.3, -0.25) is 14.4 Å². The summed E-state index contributed by atoms with van der Waals surface area (Å²) < 4.78 is 6.82. The van der Waals surface area contributed by atoms with Crippen LogP contribution in [0.25, 0.3) is 0 Å². The van der Waals surface area contributed by atoms with Crippen LogP contribution >= 0.6 is 0 Å². The molecule has 0 aliphatic carbocycles. The molecule has 40 heavy (non-hydrogen) atoms. The van der Waals surface area contributed by atoms with Crippen LogP contribution in [0.5, 0.6) is 0 Å². The summed E-state index contributed by atoms with van der Waals surface area (Å²) in [6, 6.07) is 13.4. The number of rotatable bonds is 8. The Kier molecular flexibility index (Phi) is 7.29. The van der Waals surface area contributed by atoms with Crippen molar-refractivity contribution in [3.63, 3.8) is 0 Å². The molecule has 3 aliphatic heterocycles. The first-order chi connectivity index (χ1) is 19.0. The second-order valence-electron chi connectivity index (χ2n) is 12.2. The predicted octanol–water partition coefficient (Wildman–Crippen LogP) is 4.30. The molecule has 3 amide bonds. The van der Waals surface area contributed by atoms with Crippen molar-refractivity contribution in [3.05, 3.63) is 59.7 Å². The molecule has 8 atom stereocenters. The van der Waals surface area contributed by atoms with Crippen LogP contribution in [0.3, 0.4) is 0 Å². The zero-order chi connectivity index (χ0) is 29.0. The molecule has 0 aromatic heterocycles. The average Bonchev–Trinajstić information content (AvgIpc) is 3.44. The highest BCUT2D eigenvalue weighted by molar-refractivity contribution is 6.05. The van der Waals surface area contributed by atoms with Gasteiger partial charge in [0.15, 0.2) is 0 Å². The first kappa shape index (κ1) is 28.3. The van der Waals surface area contributed by atoms with Crippen molar-refractivity contribution < 1.29 is 24.2 Å². The Morgan fingerprint density at radius 3 is 2.48 bits per heavy atom. The number of amides is 3. The van der Waals surface area contributed by atoms with E-state index in [4.69, 9.17) is 4.74 Å². The minimum absolute atomic E-state index is 0.0676. The van der Waals surface area contributed by atoms with Gasteiger partial charge in [0.25, 0.3) is 0 Å². The number of carbonyl (C=O) groups is 3. The highest BCUT2D eigenvalue weighted by Crippen LogP contribution is 2.65. The maximum atomic E-state index is 14.5. The number of fused-ring (bicyclic) bond motifs is 1. The number of likely N-dealkylation sites (tertiary alicyclic amines) is 1. The topological polar surface area (TPSA) is 108 Å². The molecule has 1 spiro atoms. The van der Waals surface area contributed by atoms with Crippen molar-refractivity contribution in [1.29, 1.82) is 0 Å². The predicted molar refractivity (Wildman–Crippen MR) is 154 cm³/mol. The van der Waals surface area contributed by atoms with E-state index in [-0.39, 0.29) is 36.2 Å². The summed E-state index contributed by atoms with van der Waals surface area (Å²) >= 11 is 0. The Morgan fingerprint density at radius 1 is 1.12 bits per heavy atom. The van der Waals surface area contributed by atoms with Gasteiger partial charge in [0.2, 0.25) is 17.7 Å². The summed E-state index contributed by atoms with van der Waals surface area (Å²) in [7, 11) is 0. The molecule has 214 valence electrons. The third-order valence-corrected chi connectivity index (χ3v) is 9.82. The van der Waals surface area contributed by atoms with E-state index in [0.717, 1.165) is 11.1 Å². The molecule has 3 fully saturated rings. The number of nitrogens with one attached hydrogen (secondary N) is 2. The fraction of sp³-hybridized carbons (Fsp3) is 0.531. The number of benzene rings is 2. The number of hydrogen-bond acceptors (Lipinski definition) is 5. The second-order valence-corrected chi connectivity index (χ2v) is 12.2. The molecule has 0 saturated carbocycles. The second kappa shape index (κ2) is 10.3. The summed E-state index contributed by atoms with van der Waals surface area (Å²) in [6.07, 6.45) is 1.18. The molecule has 8 nitrogen and oxygen atoms in total. The highest BCUT2D eigenvalue weighted by Gasteiger charge is 2.80. The summed E-state index contributed by atoms with van der Waals surface area (Å²) in [6.45, 7) is 11.5. The molecule has 2 aromatic carbocycles. The van der Waals surface area contributed by atoms with Gasteiger partial charge in [0.1, 0.15) is 11.6 Å². The van der Waals surface area contributed by atoms with Gasteiger partial charge >= 0.3 is 0 Å². The summed E-state index contributed by atoms with van der Waals surface area (Å²) in [5.41, 5.74) is 1.11. The molecule has 8 heteroatoms. The maximum absolute atomic E-state index is 14.5. The summed E-state index contributed by atoms with van der Waals surface area (Å²) in [5.74, 6) is -2.72. The molecule has 3 unspecified atom stereocenters. The van der Waals surface area contributed by atoms with Gasteiger partial charge in [-0.2, -0.15) is 0 Å². The standard InChI is InChI=1S/C32H41N3O5/c1-7-19(3)24(17-36)35-27(29(38)34-23-15-18(2)13-14-20(23)4)32-16-21(5)31(6,40-32)25(26(32)30(35)39)28(37)33-22-11-9-8-10-12-22/h8-15,19,21,24-27,36H,7,16-17H2,1-6H3,(H,33,37)(H,34,38)/t19-,21?,24-,25-,26-,27?,31+,32?/m0/s1. The van der Waals surface area contributed by atoms with Gasteiger partial charge in [-0.15, -0.1) is 0 Å². The third-order valence-electron chi connectivity index (χ3n) is 9.82. The number of nitrogens with zero attached hydrogens (tertiary/aromatic N) is 1. The third kappa shape index (κ3) is 4.23. The number of aliphatic hydroxyl groups excluding tert-OH is 1. The van der Waals surface area contributed by atoms with Crippen LogP contribution in [0.15, 0.2) is 48.5 Å². The number of anilines is 2. The number of aryl methyl sites for hydroxylation is 2. The molecule has 3 heterocycles. The van der Waals surface area contributed by atoms with Crippen molar-refractivity contribution in [1.82, 2.24) is 4.90 Å². The fourth-order valence-corrected chi connectivity index (χ4v) is 7.36. The van der Waals surface area contributed by atoms with Crippen LogP contribution in [0.2, 0.25) is 0 Å².